The molecule has 7 nitrogen and oxygen atoms in total. The van der Waals surface area contributed by atoms with Crippen LogP contribution in [0, 0.1) is 41.5 Å². The highest BCUT2D eigenvalue weighted by atomic mass is 15.4. The van der Waals surface area contributed by atoms with Crippen molar-refractivity contribution >= 4 is 17.6 Å². The van der Waals surface area contributed by atoms with Gasteiger partial charge in [0.25, 0.3) is 0 Å². The maximum absolute atomic E-state index is 5.34. The lowest BCUT2D eigenvalue weighted by Gasteiger charge is -2.28. The number of rotatable bonds is 11. The molecule has 0 aliphatic heterocycles. The zero-order chi connectivity index (χ0) is 46.7. The summed E-state index contributed by atoms with van der Waals surface area (Å²) in [6.45, 7) is 13.3. The number of aryl methyl sites for hydroxylation is 6. The van der Waals surface area contributed by atoms with E-state index in [9.17, 15) is 0 Å². The van der Waals surface area contributed by atoms with Gasteiger partial charge in [-0.15, -0.1) is 0 Å². The molecule has 0 spiro atoms. The van der Waals surface area contributed by atoms with Gasteiger partial charge < -0.3 is 0 Å². The number of anilines is 3. The van der Waals surface area contributed by atoms with Crippen molar-refractivity contribution < 1.29 is 0 Å². The average molecular weight is 882 g/mol. The molecule has 68 heavy (non-hydrogen) atoms. The van der Waals surface area contributed by atoms with Crippen LogP contribution in [0.15, 0.2) is 194 Å². The highest BCUT2D eigenvalue weighted by Crippen LogP contribution is 2.42. The van der Waals surface area contributed by atoms with E-state index in [2.05, 4.69) is 133 Å². The van der Waals surface area contributed by atoms with Crippen molar-refractivity contribution in [2.45, 2.75) is 47.5 Å². The van der Waals surface area contributed by atoms with Gasteiger partial charge in [-0.25, -0.2) is 14.9 Å². The number of aromatic nitrogens is 6. The lowest BCUT2D eigenvalue weighted by molar-refractivity contribution is 0.917. The monoisotopic (exact) mass is 881 g/mol. The first-order valence-corrected chi connectivity index (χ1v) is 23.1. The molecule has 7 heteroatoms. The second-order valence-electron chi connectivity index (χ2n) is 17.6. The van der Waals surface area contributed by atoms with Crippen LogP contribution in [0.3, 0.4) is 0 Å². The Morgan fingerprint density at radius 3 is 1.04 bits per heavy atom. The molecule has 330 valence electrons. The highest BCUT2D eigenvalue weighted by Gasteiger charge is 2.28. The Morgan fingerprint density at radius 2 is 0.647 bits per heavy atom. The molecule has 2 heterocycles. The lowest BCUT2D eigenvalue weighted by atomic mass is 9.77. The summed E-state index contributed by atoms with van der Waals surface area (Å²) in [5.41, 5.74) is 17.8. The summed E-state index contributed by atoms with van der Waals surface area (Å²) in [5.74, 6) is 2.81. The van der Waals surface area contributed by atoms with Crippen LogP contribution in [-0.2, 0) is 0 Å². The third kappa shape index (κ3) is 8.94. The quantitative estimate of drug-likeness (QED) is 0.120. The Labute approximate surface area is 399 Å². The van der Waals surface area contributed by atoms with E-state index in [1.165, 1.54) is 50.1 Å². The minimum atomic E-state index is -0.0180. The van der Waals surface area contributed by atoms with E-state index in [1.54, 1.807) is 0 Å². The molecule has 0 saturated heterocycles. The maximum Gasteiger partial charge on any atom is 0.241 e. The number of hydrogen-bond acceptors (Lipinski definition) is 7. The first-order valence-electron chi connectivity index (χ1n) is 23.1. The number of hydrogen-bond donors (Lipinski definition) is 0. The summed E-state index contributed by atoms with van der Waals surface area (Å²) in [5, 5.41) is 0. The van der Waals surface area contributed by atoms with Gasteiger partial charge in [-0.05, 0) is 110 Å². The van der Waals surface area contributed by atoms with Gasteiger partial charge in [0.1, 0.15) is 0 Å². The second-order valence-corrected chi connectivity index (χ2v) is 17.6. The van der Waals surface area contributed by atoms with Gasteiger partial charge in [0.2, 0.25) is 11.9 Å². The van der Waals surface area contributed by atoms with Crippen LogP contribution >= 0.6 is 0 Å². The SMILES string of the molecule is Cc1cc(C)c(C(c2ccc(N(c3nc(-c4ccccc4)nc(-c4ccccc4)n3)c3nc(-c4ccccc4)nc(-c4cccc(-c5ccccc5)c4)n3)cc2)c2c(C)cc(C)cc2C)c(C)c1. The van der Waals surface area contributed by atoms with Gasteiger partial charge in [0.15, 0.2) is 23.3 Å². The third-order valence-electron chi connectivity index (χ3n) is 12.5. The zero-order valence-corrected chi connectivity index (χ0v) is 39.2. The van der Waals surface area contributed by atoms with Crippen LogP contribution < -0.4 is 4.90 Å². The van der Waals surface area contributed by atoms with Crippen LogP contribution in [-0.4, -0.2) is 29.9 Å². The summed E-state index contributed by atoms with van der Waals surface area (Å²) < 4.78 is 0. The molecule has 0 fully saturated rings. The fourth-order valence-corrected chi connectivity index (χ4v) is 9.58. The highest BCUT2D eigenvalue weighted by molar-refractivity contribution is 5.76. The molecule has 10 aromatic rings. The average Bonchev–Trinajstić information content (AvgIpc) is 3.36. The molecule has 0 radical (unpaired) electrons. The van der Waals surface area contributed by atoms with Crippen LogP contribution in [0.25, 0.3) is 56.7 Å². The van der Waals surface area contributed by atoms with Crippen molar-refractivity contribution in [1.29, 1.82) is 0 Å². The van der Waals surface area contributed by atoms with E-state index >= 15 is 0 Å². The molecule has 2 aromatic heterocycles. The molecule has 0 aliphatic rings. The van der Waals surface area contributed by atoms with Crippen LogP contribution in [0.5, 0.6) is 0 Å². The van der Waals surface area contributed by atoms with E-state index in [0.717, 1.165) is 39.1 Å². The summed E-state index contributed by atoms with van der Waals surface area (Å²) in [4.78, 5) is 33.3. The summed E-state index contributed by atoms with van der Waals surface area (Å²) in [6.07, 6.45) is 0. The van der Waals surface area contributed by atoms with E-state index in [1.807, 2.05) is 108 Å². The van der Waals surface area contributed by atoms with Crippen molar-refractivity contribution in [2.75, 3.05) is 4.90 Å². The molecular formula is C61H51N7. The van der Waals surface area contributed by atoms with Crippen molar-refractivity contribution in [1.82, 2.24) is 29.9 Å². The van der Waals surface area contributed by atoms with Gasteiger partial charge in [0.05, 0.1) is 5.69 Å². The molecule has 0 N–H and O–H groups in total. The Kier molecular flexibility index (Phi) is 12.0. The fourth-order valence-electron chi connectivity index (χ4n) is 9.58. The van der Waals surface area contributed by atoms with Crippen LogP contribution in [0.1, 0.15) is 56.0 Å². The Hall–Kier alpha value is -8.42. The molecule has 0 bridgehead atoms. The lowest BCUT2D eigenvalue weighted by Crippen LogP contribution is -2.19. The largest absolute Gasteiger partial charge is 0.246 e. The first kappa shape index (κ1) is 43.5. The molecule has 0 saturated carbocycles. The summed E-state index contributed by atoms with van der Waals surface area (Å²) in [6, 6.07) is 66.8. The fraction of sp³-hybridized carbons (Fsp3) is 0.115. The molecule has 8 aromatic carbocycles. The minimum absolute atomic E-state index is 0.0180. The Morgan fingerprint density at radius 1 is 0.309 bits per heavy atom. The zero-order valence-electron chi connectivity index (χ0n) is 39.2. The Balaban J connectivity index is 1.22. The maximum atomic E-state index is 5.34. The van der Waals surface area contributed by atoms with Crippen molar-refractivity contribution in [3.05, 3.63) is 244 Å². The van der Waals surface area contributed by atoms with Gasteiger partial charge in [0, 0.05) is 28.2 Å². The van der Waals surface area contributed by atoms with Crippen molar-refractivity contribution in [3.63, 3.8) is 0 Å². The molecule has 0 atom stereocenters. The van der Waals surface area contributed by atoms with E-state index < -0.39 is 0 Å². The van der Waals surface area contributed by atoms with Gasteiger partial charge in [-0.2, -0.15) is 19.9 Å². The van der Waals surface area contributed by atoms with E-state index in [0.29, 0.717) is 35.2 Å². The molecule has 0 amide bonds. The smallest absolute Gasteiger partial charge is 0.241 e. The predicted octanol–water partition coefficient (Wildman–Crippen LogP) is 14.9. The normalized spacial score (nSPS) is 11.2. The van der Waals surface area contributed by atoms with Gasteiger partial charge >= 0.3 is 0 Å². The topological polar surface area (TPSA) is 80.6 Å². The van der Waals surface area contributed by atoms with Gasteiger partial charge in [-0.1, -0.05) is 187 Å². The third-order valence-corrected chi connectivity index (χ3v) is 12.5. The Bertz CT molecular complexity index is 3230. The molecule has 0 unspecified atom stereocenters. The number of benzene rings is 8. The predicted molar refractivity (Wildman–Crippen MR) is 277 cm³/mol. The minimum Gasteiger partial charge on any atom is -0.246 e. The van der Waals surface area contributed by atoms with E-state index in [-0.39, 0.29) is 5.92 Å². The van der Waals surface area contributed by atoms with Crippen LogP contribution in [0.4, 0.5) is 17.6 Å². The van der Waals surface area contributed by atoms with Crippen molar-refractivity contribution in [2.24, 2.45) is 0 Å². The molecule has 0 aliphatic carbocycles. The first-order chi connectivity index (χ1) is 33.2. The standard InChI is InChI=1S/C61H51N7/c1-39-34-41(3)53(42(4)35-39)55(54-43(5)36-40(2)37-44(54)6)46-30-32-52(33-31-46)68(60-64-56(47-22-13-8-14-23-47)62-57(65-60)48-24-15-9-16-25-48)61-66-58(49-26-17-10-18-27-49)63-59(67-61)51-29-19-28-50(38-51)45-20-11-7-12-21-45/h7-38,55H,1-6H3. The molecular weight excluding hydrogens is 831 g/mol. The van der Waals surface area contributed by atoms with Crippen LogP contribution in [0.2, 0.25) is 0 Å². The second kappa shape index (κ2) is 18.8. The summed E-state index contributed by atoms with van der Waals surface area (Å²) >= 11 is 0. The number of nitrogens with zero attached hydrogens (tertiary/aromatic N) is 7. The summed E-state index contributed by atoms with van der Waals surface area (Å²) in [7, 11) is 0. The van der Waals surface area contributed by atoms with E-state index in [4.69, 9.17) is 29.9 Å². The van der Waals surface area contributed by atoms with Gasteiger partial charge in [-0.3, -0.25) is 0 Å². The molecule has 10 rings (SSSR count). The van der Waals surface area contributed by atoms with Crippen molar-refractivity contribution in [3.8, 4) is 56.7 Å².